The number of benzene rings is 3. The summed E-state index contributed by atoms with van der Waals surface area (Å²) in [5.74, 6) is 1.14. The van der Waals surface area contributed by atoms with Crippen LogP contribution in [0.15, 0.2) is 84.9 Å². The Morgan fingerprint density at radius 1 is 0.940 bits per heavy atom. The molecule has 3 heterocycles. The lowest BCUT2D eigenvalue weighted by molar-refractivity contribution is -0.141. The van der Waals surface area contributed by atoms with Gasteiger partial charge in [0, 0.05) is 24.7 Å². The molecule has 0 spiro atoms. The Morgan fingerprint density at radius 2 is 1.68 bits per heavy atom. The molecule has 2 aliphatic rings. The smallest absolute Gasteiger partial charge is 0.435 e. The first-order chi connectivity index (χ1) is 24.0. The molecular formula is C36H38F3N5O5S. The van der Waals surface area contributed by atoms with Gasteiger partial charge in [-0.2, -0.15) is 13.2 Å². The minimum Gasteiger partial charge on any atom is -0.491 e. The van der Waals surface area contributed by atoms with Crippen LogP contribution in [-0.2, 0) is 22.0 Å². The van der Waals surface area contributed by atoms with Crippen LogP contribution >= 0.6 is 0 Å². The topological polar surface area (TPSA) is 123 Å². The molecule has 0 bridgehead atoms. The lowest BCUT2D eigenvalue weighted by Gasteiger charge is -2.32. The van der Waals surface area contributed by atoms with E-state index < -0.39 is 21.9 Å². The molecule has 3 aromatic carbocycles. The first-order valence-corrected chi connectivity index (χ1v) is 18.2. The number of carbonyl (C=O) groups is 1. The van der Waals surface area contributed by atoms with E-state index in [9.17, 15) is 26.4 Å². The lowest BCUT2D eigenvalue weighted by atomic mass is 9.89. The Hall–Kier alpha value is -4.69. The molecule has 1 amide bonds. The minimum absolute atomic E-state index is 0.0500. The molecular weight excluding hydrogens is 671 g/mol. The fourth-order valence-electron chi connectivity index (χ4n) is 6.03. The van der Waals surface area contributed by atoms with Crippen molar-refractivity contribution < 1.29 is 35.9 Å². The zero-order valence-corrected chi connectivity index (χ0v) is 28.1. The SMILES string of the molecule is O=C(c1ccc(OCCCC2CNC2)c(NS(=O)(=O)Cc2ccccc2)c1)N1CCC(c2ccc(Oc3ccc(C(F)(F)F)nn3)cc2)CC1. The van der Waals surface area contributed by atoms with Crippen LogP contribution in [0.2, 0.25) is 0 Å². The Balaban J connectivity index is 1.07. The summed E-state index contributed by atoms with van der Waals surface area (Å²) in [5.41, 5.74) is 1.19. The largest absolute Gasteiger partial charge is 0.491 e. The maximum absolute atomic E-state index is 13.6. The summed E-state index contributed by atoms with van der Waals surface area (Å²) in [7, 11) is -3.80. The zero-order valence-electron chi connectivity index (χ0n) is 27.2. The van der Waals surface area contributed by atoms with Crippen molar-refractivity contribution in [3.8, 4) is 17.4 Å². The van der Waals surface area contributed by atoms with Gasteiger partial charge in [0.05, 0.1) is 18.0 Å². The number of nitrogens with zero attached hydrogens (tertiary/aromatic N) is 3. The van der Waals surface area contributed by atoms with E-state index in [1.165, 1.54) is 0 Å². The number of piperidine rings is 1. The third-order valence-corrected chi connectivity index (χ3v) is 10.1. The van der Waals surface area contributed by atoms with Crippen LogP contribution in [0.25, 0.3) is 0 Å². The number of nitrogens with one attached hydrogen (secondary N) is 2. The van der Waals surface area contributed by atoms with Crippen LogP contribution in [0.5, 0.6) is 17.4 Å². The van der Waals surface area contributed by atoms with Gasteiger partial charge < -0.3 is 19.7 Å². The van der Waals surface area contributed by atoms with Gasteiger partial charge in [0.1, 0.15) is 11.5 Å². The van der Waals surface area contributed by atoms with Crippen molar-refractivity contribution in [2.45, 2.75) is 43.5 Å². The molecule has 0 saturated carbocycles. The molecule has 2 saturated heterocycles. The van der Waals surface area contributed by atoms with Gasteiger partial charge in [-0.05, 0) is 98.1 Å². The van der Waals surface area contributed by atoms with Gasteiger partial charge in [-0.1, -0.05) is 42.5 Å². The average Bonchev–Trinajstić information content (AvgIpc) is 3.08. The van der Waals surface area contributed by atoms with E-state index in [-0.39, 0.29) is 29.1 Å². The first-order valence-electron chi connectivity index (χ1n) is 16.5. The van der Waals surface area contributed by atoms with Crippen molar-refractivity contribution in [3.63, 3.8) is 0 Å². The van der Waals surface area contributed by atoms with Crippen LogP contribution in [-0.4, -0.2) is 62.2 Å². The van der Waals surface area contributed by atoms with Crippen molar-refractivity contribution in [3.05, 3.63) is 107 Å². The number of alkyl halides is 3. The quantitative estimate of drug-likeness (QED) is 0.149. The monoisotopic (exact) mass is 709 g/mol. The Morgan fingerprint density at radius 3 is 2.32 bits per heavy atom. The van der Waals surface area contributed by atoms with E-state index in [2.05, 4.69) is 20.2 Å². The van der Waals surface area contributed by atoms with Crippen molar-refractivity contribution >= 4 is 21.6 Å². The predicted molar refractivity (Wildman–Crippen MR) is 182 cm³/mol. The molecule has 2 aliphatic heterocycles. The highest BCUT2D eigenvalue weighted by Gasteiger charge is 2.33. The second-order valence-electron chi connectivity index (χ2n) is 12.6. The summed E-state index contributed by atoms with van der Waals surface area (Å²) in [5, 5.41) is 9.93. The third-order valence-electron chi connectivity index (χ3n) is 8.86. The fourth-order valence-corrected chi connectivity index (χ4v) is 7.22. The molecule has 50 heavy (non-hydrogen) atoms. The number of anilines is 1. The molecule has 14 heteroatoms. The normalized spacial score (nSPS) is 15.7. The van der Waals surface area contributed by atoms with Crippen LogP contribution in [0, 0.1) is 5.92 Å². The molecule has 0 aliphatic carbocycles. The van der Waals surface area contributed by atoms with Gasteiger partial charge in [0.25, 0.3) is 5.91 Å². The Labute approximate surface area is 289 Å². The number of likely N-dealkylation sites (tertiary alicyclic amines) is 1. The second kappa shape index (κ2) is 15.5. The number of aromatic nitrogens is 2. The van der Waals surface area contributed by atoms with Crippen molar-refractivity contribution in [2.75, 3.05) is 37.5 Å². The third kappa shape index (κ3) is 9.30. The van der Waals surface area contributed by atoms with Crippen LogP contribution in [0.1, 0.15) is 58.8 Å². The van der Waals surface area contributed by atoms with E-state index in [0.29, 0.717) is 61.1 Å². The number of hydrogen-bond donors (Lipinski definition) is 2. The Kier molecular flexibility index (Phi) is 10.9. The first kappa shape index (κ1) is 35.1. The molecule has 0 atom stereocenters. The van der Waals surface area contributed by atoms with Crippen molar-refractivity contribution in [1.29, 1.82) is 0 Å². The van der Waals surface area contributed by atoms with Crippen LogP contribution in [0.3, 0.4) is 0 Å². The standard InChI is InChI=1S/C36H38F3N5O5S/c37-36(38,39)33-14-15-34(42-41-33)49-30-11-8-27(9-12-30)28-16-18-44(19-17-28)35(45)29-10-13-32(48-20-4-7-26-22-40-23-26)31(21-29)43-50(46,47)24-25-5-2-1-3-6-25/h1-3,5-6,8-15,21,26,28,40,43H,4,7,16-20,22-24H2. The number of carbonyl (C=O) groups excluding carboxylic acids is 1. The summed E-state index contributed by atoms with van der Waals surface area (Å²) in [6.07, 6.45) is -1.30. The Bertz CT molecular complexity index is 1850. The number of halogens is 3. The predicted octanol–water partition coefficient (Wildman–Crippen LogP) is 6.63. The lowest BCUT2D eigenvalue weighted by Crippen LogP contribution is -2.41. The van der Waals surface area contributed by atoms with Crippen molar-refractivity contribution in [2.24, 2.45) is 5.92 Å². The van der Waals surface area contributed by atoms with Gasteiger partial charge >= 0.3 is 6.18 Å². The molecule has 264 valence electrons. The molecule has 6 rings (SSSR count). The minimum atomic E-state index is -4.58. The van der Waals surface area contributed by atoms with Gasteiger partial charge in [-0.25, -0.2) is 8.42 Å². The molecule has 10 nitrogen and oxygen atoms in total. The van der Waals surface area contributed by atoms with Gasteiger partial charge in [0.15, 0.2) is 5.69 Å². The second-order valence-corrected chi connectivity index (χ2v) is 14.3. The van der Waals surface area contributed by atoms with E-state index in [4.69, 9.17) is 9.47 Å². The highest BCUT2D eigenvalue weighted by atomic mass is 32.2. The summed E-state index contributed by atoms with van der Waals surface area (Å²) < 4.78 is 78.9. The fraction of sp³-hybridized carbons (Fsp3) is 0.361. The summed E-state index contributed by atoms with van der Waals surface area (Å²) >= 11 is 0. The maximum atomic E-state index is 13.6. The summed E-state index contributed by atoms with van der Waals surface area (Å²) in [6, 6.07) is 22.9. The maximum Gasteiger partial charge on any atom is 0.435 e. The zero-order chi connectivity index (χ0) is 35.1. The van der Waals surface area contributed by atoms with Crippen molar-refractivity contribution in [1.82, 2.24) is 20.4 Å². The molecule has 4 aromatic rings. The number of hydrogen-bond acceptors (Lipinski definition) is 8. The van der Waals surface area contributed by atoms with Gasteiger partial charge in [0.2, 0.25) is 15.9 Å². The number of rotatable bonds is 13. The van der Waals surface area contributed by atoms with Crippen LogP contribution in [0.4, 0.5) is 18.9 Å². The molecule has 0 unspecified atom stereocenters. The molecule has 2 fully saturated rings. The van der Waals surface area contributed by atoms with E-state index in [0.717, 1.165) is 43.6 Å². The molecule has 2 N–H and O–H groups in total. The van der Waals surface area contributed by atoms with Gasteiger partial charge in [-0.15, -0.1) is 10.2 Å². The van der Waals surface area contributed by atoms with E-state index in [1.54, 1.807) is 59.5 Å². The highest BCUT2D eigenvalue weighted by molar-refractivity contribution is 7.91. The number of ether oxygens (including phenoxy) is 2. The molecule has 0 radical (unpaired) electrons. The van der Waals surface area contributed by atoms with Gasteiger partial charge in [-0.3, -0.25) is 9.52 Å². The van der Waals surface area contributed by atoms with E-state index in [1.807, 2.05) is 18.2 Å². The number of sulfonamides is 1. The van der Waals surface area contributed by atoms with E-state index >= 15 is 0 Å². The summed E-state index contributed by atoms with van der Waals surface area (Å²) in [4.78, 5) is 15.4. The van der Waals surface area contributed by atoms with Crippen LogP contribution < -0.4 is 19.5 Å². The average molecular weight is 710 g/mol. The summed E-state index contributed by atoms with van der Waals surface area (Å²) in [6.45, 7) is 3.45. The highest BCUT2D eigenvalue weighted by Crippen LogP contribution is 2.33. The molecule has 1 aromatic heterocycles. The number of amides is 1.